The number of rotatable bonds is 11. The van der Waals surface area contributed by atoms with Crippen molar-refractivity contribution >= 4 is 26.8 Å². The molecule has 5 aromatic rings. The van der Waals surface area contributed by atoms with E-state index < -0.39 is 38.3 Å². The predicted octanol–water partition coefficient (Wildman–Crippen LogP) is 6.93. The van der Waals surface area contributed by atoms with E-state index in [0.29, 0.717) is 34.3 Å². The van der Waals surface area contributed by atoms with Gasteiger partial charge in [0.15, 0.2) is 9.84 Å². The molecule has 2 N–H and O–H groups in total. The Kier molecular flexibility index (Phi) is 8.52. The Labute approximate surface area is 261 Å². The predicted molar refractivity (Wildman–Crippen MR) is 173 cm³/mol. The van der Waals surface area contributed by atoms with Crippen LogP contribution in [-0.2, 0) is 32.2 Å². The van der Waals surface area contributed by atoms with Crippen LogP contribution in [0.15, 0.2) is 138 Å². The Hall–Kier alpha value is -4.79. The standard InChI is InChI=1S/C37H32FNO5S/c38-30-17-15-27(16-18-30)23-32(36(40)41)39-25-45(42,43)37(21-19-29(20-22-37)28-11-5-2-6-12-28)35-31-13-7-8-14-33(31)44-34(35)24-26-9-3-1-4-10-26/h1-22,29,32,39H,23-25H2,(H,40,41). The zero-order valence-corrected chi connectivity index (χ0v) is 25.2. The summed E-state index contributed by atoms with van der Waals surface area (Å²) in [5, 5.41) is 13.4. The van der Waals surface area contributed by atoms with Crippen molar-refractivity contribution in [1.29, 1.82) is 0 Å². The third kappa shape index (κ3) is 6.25. The van der Waals surface area contributed by atoms with Crippen LogP contribution in [0, 0.1) is 5.82 Å². The summed E-state index contributed by atoms with van der Waals surface area (Å²) in [6, 6.07) is 31.1. The van der Waals surface area contributed by atoms with E-state index in [2.05, 4.69) is 5.32 Å². The number of carboxylic acid groups (broad SMARTS) is 1. The Balaban J connectivity index is 1.43. The fourth-order valence-corrected chi connectivity index (χ4v) is 7.67. The van der Waals surface area contributed by atoms with E-state index >= 15 is 0 Å². The first kappa shape index (κ1) is 30.2. The number of nitrogens with one attached hydrogen (secondary N) is 1. The summed E-state index contributed by atoms with van der Waals surface area (Å²) >= 11 is 0. The van der Waals surface area contributed by atoms with E-state index in [-0.39, 0.29) is 12.3 Å². The molecule has 0 spiro atoms. The lowest BCUT2D eigenvalue weighted by Crippen LogP contribution is -2.46. The summed E-state index contributed by atoms with van der Waals surface area (Å²) in [5.74, 6) is -1.91. The van der Waals surface area contributed by atoms with E-state index in [9.17, 15) is 22.7 Å². The molecule has 1 unspecified atom stereocenters. The van der Waals surface area contributed by atoms with Crippen molar-refractivity contribution in [2.24, 2.45) is 0 Å². The molecule has 0 amide bonds. The Bertz CT molecular complexity index is 1950. The minimum atomic E-state index is -4.18. The zero-order valence-electron chi connectivity index (χ0n) is 24.3. The summed E-state index contributed by atoms with van der Waals surface area (Å²) in [6.45, 7) is 0. The third-order valence-corrected chi connectivity index (χ3v) is 10.3. The molecule has 228 valence electrons. The van der Waals surface area contributed by atoms with Gasteiger partial charge in [-0.15, -0.1) is 0 Å². The van der Waals surface area contributed by atoms with E-state index in [4.69, 9.17) is 4.42 Å². The maximum atomic E-state index is 14.7. The van der Waals surface area contributed by atoms with Crippen LogP contribution in [0.1, 0.15) is 33.9 Å². The van der Waals surface area contributed by atoms with Gasteiger partial charge in [0.25, 0.3) is 0 Å². The molecule has 45 heavy (non-hydrogen) atoms. The number of sulfone groups is 1. The number of aliphatic carboxylic acids is 1. The number of furan rings is 1. The number of benzene rings is 4. The lowest BCUT2D eigenvalue weighted by atomic mass is 9.85. The quantitative estimate of drug-likeness (QED) is 0.155. The van der Waals surface area contributed by atoms with Crippen LogP contribution in [0.4, 0.5) is 4.39 Å². The van der Waals surface area contributed by atoms with E-state index in [1.54, 1.807) is 12.2 Å². The SMILES string of the molecule is O=C(O)C(Cc1ccc(F)cc1)NCS(=O)(=O)C1(c2c(Cc3ccccc3)oc3ccccc23)C=CC(c2ccccc2)C=C1. The normalized spacial score (nSPS) is 18.6. The van der Waals surface area contributed by atoms with Gasteiger partial charge in [-0.2, -0.15) is 0 Å². The van der Waals surface area contributed by atoms with Crippen LogP contribution in [0.2, 0.25) is 0 Å². The van der Waals surface area contributed by atoms with Gasteiger partial charge in [-0.05, 0) is 41.3 Å². The molecule has 6 rings (SSSR count). The maximum absolute atomic E-state index is 14.7. The van der Waals surface area contributed by atoms with Crippen molar-refractivity contribution in [3.05, 3.63) is 167 Å². The summed E-state index contributed by atoms with van der Waals surface area (Å²) in [4.78, 5) is 12.2. The number of hydrogen-bond donors (Lipinski definition) is 2. The van der Waals surface area contributed by atoms with Crippen molar-refractivity contribution in [2.45, 2.75) is 29.5 Å². The smallest absolute Gasteiger partial charge is 0.321 e. The minimum absolute atomic E-state index is 0.0200. The molecule has 1 aliphatic carbocycles. The van der Waals surface area contributed by atoms with Gasteiger partial charge in [-0.1, -0.05) is 115 Å². The molecule has 0 radical (unpaired) electrons. The van der Waals surface area contributed by atoms with Crippen LogP contribution in [0.25, 0.3) is 11.0 Å². The lowest BCUT2D eigenvalue weighted by molar-refractivity contribution is -0.139. The topological polar surface area (TPSA) is 96.6 Å². The van der Waals surface area contributed by atoms with Crippen molar-refractivity contribution in [2.75, 3.05) is 5.88 Å². The summed E-state index contributed by atoms with van der Waals surface area (Å²) in [6.07, 6.45) is 7.53. The monoisotopic (exact) mass is 621 g/mol. The second kappa shape index (κ2) is 12.7. The number of allylic oxidation sites excluding steroid dienone is 2. The van der Waals surface area contributed by atoms with Crippen LogP contribution in [0.5, 0.6) is 0 Å². The highest BCUT2D eigenvalue weighted by Gasteiger charge is 2.46. The largest absolute Gasteiger partial charge is 0.480 e. The summed E-state index contributed by atoms with van der Waals surface area (Å²) < 4.78 is 47.5. The van der Waals surface area contributed by atoms with Gasteiger partial charge in [0, 0.05) is 23.3 Å². The molecule has 0 fully saturated rings. The molecule has 0 aliphatic heterocycles. The van der Waals surface area contributed by atoms with E-state index in [1.165, 1.54) is 24.3 Å². The number of halogens is 1. The van der Waals surface area contributed by atoms with Gasteiger partial charge < -0.3 is 9.52 Å². The third-order valence-electron chi connectivity index (χ3n) is 8.24. The van der Waals surface area contributed by atoms with Gasteiger partial charge in [0.1, 0.15) is 33.8 Å². The molecule has 0 saturated heterocycles. The Morgan fingerprint density at radius 1 is 0.844 bits per heavy atom. The number of fused-ring (bicyclic) bond motifs is 1. The van der Waals surface area contributed by atoms with Crippen molar-refractivity contribution in [3.63, 3.8) is 0 Å². The van der Waals surface area contributed by atoms with Gasteiger partial charge in [-0.25, -0.2) is 12.8 Å². The van der Waals surface area contributed by atoms with E-state index in [0.717, 1.165) is 11.1 Å². The molecule has 6 nitrogen and oxygen atoms in total. The van der Waals surface area contributed by atoms with Gasteiger partial charge in [-0.3, -0.25) is 10.1 Å². The molecule has 0 bridgehead atoms. The fraction of sp³-hybridized carbons (Fsp3) is 0.162. The van der Waals surface area contributed by atoms with Crippen molar-refractivity contribution in [1.82, 2.24) is 5.32 Å². The molecule has 1 aliphatic rings. The summed E-state index contributed by atoms with van der Waals surface area (Å²) in [5.41, 5.74) is 3.61. The first-order valence-electron chi connectivity index (χ1n) is 14.7. The number of carboxylic acids is 1. The zero-order chi connectivity index (χ0) is 31.4. The fourth-order valence-electron chi connectivity index (χ4n) is 5.90. The summed E-state index contributed by atoms with van der Waals surface area (Å²) in [7, 11) is -4.18. The highest BCUT2D eigenvalue weighted by molar-refractivity contribution is 7.92. The average molecular weight is 622 g/mol. The number of carbonyl (C=O) groups is 1. The van der Waals surface area contributed by atoms with Gasteiger partial charge in [0.2, 0.25) is 0 Å². The van der Waals surface area contributed by atoms with Crippen molar-refractivity contribution in [3.8, 4) is 0 Å². The van der Waals surface area contributed by atoms with Gasteiger partial charge in [0.05, 0.1) is 0 Å². The van der Waals surface area contributed by atoms with Gasteiger partial charge >= 0.3 is 5.97 Å². The molecule has 4 aromatic carbocycles. The highest BCUT2D eigenvalue weighted by atomic mass is 32.2. The highest BCUT2D eigenvalue weighted by Crippen LogP contribution is 2.46. The molecule has 0 saturated carbocycles. The first-order valence-corrected chi connectivity index (χ1v) is 16.3. The number of para-hydroxylation sites is 1. The van der Waals surface area contributed by atoms with Crippen LogP contribution < -0.4 is 5.32 Å². The molecule has 8 heteroatoms. The van der Waals surface area contributed by atoms with Crippen molar-refractivity contribution < 1.29 is 27.1 Å². The molecule has 1 heterocycles. The minimum Gasteiger partial charge on any atom is -0.480 e. The number of hydrogen-bond acceptors (Lipinski definition) is 5. The van der Waals surface area contributed by atoms with Crippen LogP contribution in [0.3, 0.4) is 0 Å². The molecule has 1 atom stereocenters. The first-order chi connectivity index (χ1) is 21.8. The Morgan fingerprint density at radius 3 is 2.13 bits per heavy atom. The van der Waals surface area contributed by atoms with E-state index in [1.807, 2.05) is 97.1 Å². The average Bonchev–Trinajstić information content (AvgIpc) is 3.42. The lowest BCUT2D eigenvalue weighted by Gasteiger charge is -2.32. The maximum Gasteiger partial charge on any atom is 0.321 e. The molecular formula is C37H32FNO5S. The van der Waals surface area contributed by atoms with Crippen LogP contribution in [-0.4, -0.2) is 31.4 Å². The second-order valence-corrected chi connectivity index (χ2v) is 13.4. The van der Waals surface area contributed by atoms with Crippen LogP contribution >= 0.6 is 0 Å². The molecular weight excluding hydrogens is 589 g/mol. The molecule has 1 aromatic heterocycles. The second-order valence-electron chi connectivity index (χ2n) is 11.2. The Morgan fingerprint density at radius 2 is 1.47 bits per heavy atom.